The summed E-state index contributed by atoms with van der Waals surface area (Å²) in [7, 11) is 1.45. The van der Waals surface area contributed by atoms with Gasteiger partial charge in [0.2, 0.25) is 0 Å². The Morgan fingerprint density at radius 2 is 2.11 bits per heavy atom. The molecule has 96 valence electrons. The summed E-state index contributed by atoms with van der Waals surface area (Å²) in [4.78, 5) is 11.5. The fourth-order valence-electron chi connectivity index (χ4n) is 1.70. The molecule has 0 aliphatic rings. The Balaban J connectivity index is 3.15. The molecule has 1 aromatic rings. The average molecular weight is 249 g/mol. The van der Waals surface area contributed by atoms with Crippen LogP contribution in [-0.2, 0) is 22.6 Å². The van der Waals surface area contributed by atoms with Gasteiger partial charge in [-0.25, -0.2) is 0 Å². The van der Waals surface area contributed by atoms with E-state index in [1.807, 2.05) is 6.07 Å². The van der Waals surface area contributed by atoms with Crippen molar-refractivity contribution in [1.29, 1.82) is 5.26 Å². The quantitative estimate of drug-likeness (QED) is 0.792. The fraction of sp³-hybridized carbons (Fsp3) is 0.385. The number of aliphatic hydroxyl groups excluding tert-OH is 1. The molecule has 18 heavy (non-hydrogen) atoms. The first-order chi connectivity index (χ1) is 8.65. The second-order valence-electron chi connectivity index (χ2n) is 3.58. The second-order valence-corrected chi connectivity index (χ2v) is 3.58. The van der Waals surface area contributed by atoms with Gasteiger partial charge in [0.05, 0.1) is 38.4 Å². The van der Waals surface area contributed by atoms with Crippen molar-refractivity contribution >= 4 is 5.97 Å². The van der Waals surface area contributed by atoms with Crippen molar-refractivity contribution in [2.24, 2.45) is 0 Å². The highest BCUT2D eigenvalue weighted by Crippen LogP contribution is 2.26. The molecule has 0 spiro atoms. The molecule has 0 radical (unpaired) electrons. The molecule has 1 aromatic carbocycles. The van der Waals surface area contributed by atoms with Gasteiger partial charge in [0.25, 0.3) is 0 Å². The lowest BCUT2D eigenvalue weighted by atomic mass is 10.0. The van der Waals surface area contributed by atoms with E-state index in [1.54, 1.807) is 13.0 Å². The largest absolute Gasteiger partial charge is 0.496 e. The number of carbonyl (C=O) groups is 1. The standard InChI is InChI=1S/C13H15NO4/c1-3-18-12(16)6-10-4-9(7-14)5-11(8-15)13(10)17-2/h4-5,15H,3,6,8H2,1-2H3. The second kappa shape index (κ2) is 6.62. The van der Waals surface area contributed by atoms with Gasteiger partial charge < -0.3 is 14.6 Å². The molecule has 0 heterocycles. The summed E-state index contributed by atoms with van der Waals surface area (Å²) < 4.78 is 10.0. The highest BCUT2D eigenvalue weighted by atomic mass is 16.5. The van der Waals surface area contributed by atoms with Gasteiger partial charge in [-0.05, 0) is 19.1 Å². The molecule has 0 saturated heterocycles. The molecule has 5 heteroatoms. The van der Waals surface area contributed by atoms with Gasteiger partial charge in [0.1, 0.15) is 5.75 Å². The van der Waals surface area contributed by atoms with E-state index in [2.05, 4.69) is 0 Å². The van der Waals surface area contributed by atoms with Crippen LogP contribution in [0.25, 0.3) is 0 Å². The van der Waals surface area contributed by atoms with E-state index in [0.717, 1.165) is 0 Å². The van der Waals surface area contributed by atoms with Crippen molar-refractivity contribution in [3.8, 4) is 11.8 Å². The van der Waals surface area contributed by atoms with Crippen LogP contribution in [0.1, 0.15) is 23.6 Å². The highest BCUT2D eigenvalue weighted by molar-refractivity contribution is 5.74. The van der Waals surface area contributed by atoms with E-state index in [9.17, 15) is 9.90 Å². The molecule has 0 atom stereocenters. The Morgan fingerprint density at radius 1 is 1.44 bits per heavy atom. The Bertz CT molecular complexity index is 477. The van der Waals surface area contributed by atoms with Crippen molar-refractivity contribution < 1.29 is 19.4 Å². The number of hydrogen-bond donors (Lipinski definition) is 1. The number of nitrogens with zero attached hydrogens (tertiary/aromatic N) is 1. The molecule has 0 bridgehead atoms. The number of benzene rings is 1. The van der Waals surface area contributed by atoms with Crippen molar-refractivity contribution in [3.05, 3.63) is 28.8 Å². The number of methoxy groups -OCH3 is 1. The van der Waals surface area contributed by atoms with Crippen LogP contribution in [0.2, 0.25) is 0 Å². The molecule has 1 N–H and O–H groups in total. The fourth-order valence-corrected chi connectivity index (χ4v) is 1.70. The van der Waals surface area contributed by atoms with Gasteiger partial charge in [-0.3, -0.25) is 4.79 Å². The molecule has 0 aliphatic heterocycles. The molecule has 0 aromatic heterocycles. The minimum Gasteiger partial charge on any atom is -0.496 e. The average Bonchev–Trinajstić information content (AvgIpc) is 2.37. The Morgan fingerprint density at radius 3 is 2.61 bits per heavy atom. The van der Waals surface area contributed by atoms with Gasteiger partial charge in [-0.2, -0.15) is 5.26 Å². The lowest BCUT2D eigenvalue weighted by Gasteiger charge is -2.12. The van der Waals surface area contributed by atoms with Crippen LogP contribution in [-0.4, -0.2) is 24.8 Å². The summed E-state index contributed by atoms with van der Waals surface area (Å²) in [5, 5.41) is 18.1. The Labute approximate surface area is 106 Å². The molecule has 0 amide bonds. The summed E-state index contributed by atoms with van der Waals surface area (Å²) in [5.74, 6) is 0.0272. The zero-order valence-corrected chi connectivity index (χ0v) is 10.4. The number of esters is 1. The maximum Gasteiger partial charge on any atom is 0.310 e. The molecular weight excluding hydrogens is 234 g/mol. The zero-order chi connectivity index (χ0) is 13.5. The maximum absolute atomic E-state index is 11.5. The number of hydrogen-bond acceptors (Lipinski definition) is 5. The molecule has 0 saturated carbocycles. The molecule has 0 fully saturated rings. The topological polar surface area (TPSA) is 79.6 Å². The van der Waals surface area contributed by atoms with Gasteiger partial charge in [0, 0.05) is 11.1 Å². The summed E-state index contributed by atoms with van der Waals surface area (Å²) in [6.07, 6.45) is 0.0134. The first-order valence-corrected chi connectivity index (χ1v) is 5.52. The smallest absolute Gasteiger partial charge is 0.310 e. The lowest BCUT2D eigenvalue weighted by molar-refractivity contribution is -0.142. The van der Waals surface area contributed by atoms with Crippen LogP contribution >= 0.6 is 0 Å². The summed E-state index contributed by atoms with van der Waals surface area (Å²) >= 11 is 0. The van der Waals surface area contributed by atoms with Crippen LogP contribution in [0.3, 0.4) is 0 Å². The highest BCUT2D eigenvalue weighted by Gasteiger charge is 2.14. The van der Waals surface area contributed by atoms with E-state index < -0.39 is 5.97 Å². The number of aliphatic hydroxyl groups is 1. The van der Waals surface area contributed by atoms with Crippen LogP contribution in [0, 0.1) is 11.3 Å². The number of rotatable bonds is 5. The Hall–Kier alpha value is -2.06. The summed E-state index contributed by atoms with van der Waals surface area (Å²) in [6.45, 7) is 1.76. The predicted octanol–water partition coefficient (Wildman–Crippen LogP) is 1.16. The number of ether oxygens (including phenoxy) is 2. The van der Waals surface area contributed by atoms with Crippen molar-refractivity contribution in [2.75, 3.05) is 13.7 Å². The molecule has 0 unspecified atom stereocenters. The Kier molecular flexibility index (Phi) is 5.15. The zero-order valence-electron chi connectivity index (χ0n) is 10.4. The van der Waals surface area contributed by atoms with Crippen molar-refractivity contribution in [3.63, 3.8) is 0 Å². The van der Waals surface area contributed by atoms with Crippen molar-refractivity contribution in [2.45, 2.75) is 20.0 Å². The molecular formula is C13H15NO4. The normalized spacial score (nSPS) is 9.67. The van der Waals surface area contributed by atoms with Crippen LogP contribution in [0.5, 0.6) is 5.75 Å². The van der Waals surface area contributed by atoms with Crippen molar-refractivity contribution in [1.82, 2.24) is 0 Å². The van der Waals surface area contributed by atoms with Crippen LogP contribution in [0.4, 0.5) is 0 Å². The summed E-state index contributed by atoms with van der Waals surface area (Å²) in [6, 6.07) is 5.08. The molecule has 0 aliphatic carbocycles. The SMILES string of the molecule is CCOC(=O)Cc1cc(C#N)cc(CO)c1OC. The number of nitriles is 1. The van der Waals surface area contributed by atoms with Gasteiger partial charge >= 0.3 is 5.97 Å². The van der Waals surface area contributed by atoms with Crippen LogP contribution < -0.4 is 4.74 Å². The van der Waals surface area contributed by atoms with Gasteiger partial charge in [-0.1, -0.05) is 0 Å². The minimum absolute atomic E-state index is 0.0134. The maximum atomic E-state index is 11.5. The summed E-state index contributed by atoms with van der Waals surface area (Å²) in [5.41, 5.74) is 1.40. The predicted molar refractivity (Wildman–Crippen MR) is 64.0 cm³/mol. The van der Waals surface area contributed by atoms with E-state index in [-0.39, 0.29) is 13.0 Å². The first-order valence-electron chi connectivity index (χ1n) is 5.52. The monoisotopic (exact) mass is 249 g/mol. The van der Waals surface area contributed by atoms with E-state index >= 15 is 0 Å². The van der Waals surface area contributed by atoms with E-state index in [0.29, 0.717) is 29.0 Å². The van der Waals surface area contributed by atoms with E-state index in [1.165, 1.54) is 13.2 Å². The third-order valence-electron chi connectivity index (χ3n) is 2.39. The van der Waals surface area contributed by atoms with Gasteiger partial charge in [0.15, 0.2) is 0 Å². The third kappa shape index (κ3) is 3.22. The molecule has 5 nitrogen and oxygen atoms in total. The number of carbonyl (C=O) groups excluding carboxylic acids is 1. The molecule has 1 rings (SSSR count). The first kappa shape index (κ1) is 14.0. The van der Waals surface area contributed by atoms with Gasteiger partial charge in [-0.15, -0.1) is 0 Å². The van der Waals surface area contributed by atoms with E-state index in [4.69, 9.17) is 14.7 Å². The third-order valence-corrected chi connectivity index (χ3v) is 2.39. The lowest BCUT2D eigenvalue weighted by Crippen LogP contribution is -2.10. The van der Waals surface area contributed by atoms with Crippen LogP contribution in [0.15, 0.2) is 12.1 Å². The minimum atomic E-state index is -0.394.